The fraction of sp³-hybridized carbons (Fsp3) is 0.292. The summed E-state index contributed by atoms with van der Waals surface area (Å²) in [6, 6.07) is 14.2. The van der Waals surface area contributed by atoms with E-state index in [2.05, 4.69) is 15.5 Å². The van der Waals surface area contributed by atoms with Gasteiger partial charge in [-0.25, -0.2) is 4.79 Å². The molecule has 0 saturated carbocycles. The molecule has 4 rings (SSSR count). The molecule has 2 amide bonds. The Morgan fingerprint density at radius 1 is 1.06 bits per heavy atom. The van der Waals surface area contributed by atoms with E-state index in [9.17, 15) is 4.79 Å². The van der Waals surface area contributed by atoms with Crippen LogP contribution in [0.2, 0.25) is 0 Å². The lowest BCUT2D eigenvalue weighted by molar-refractivity contribution is 0.158. The molecule has 0 bridgehead atoms. The minimum absolute atomic E-state index is 0.228. The first-order chi connectivity index (χ1) is 16.0. The molecule has 2 heterocycles. The van der Waals surface area contributed by atoms with Gasteiger partial charge in [0.15, 0.2) is 0 Å². The van der Waals surface area contributed by atoms with Gasteiger partial charge in [0.1, 0.15) is 11.5 Å². The number of urea groups is 1. The Bertz CT molecular complexity index is 1170. The first-order valence-corrected chi connectivity index (χ1v) is 10.5. The number of allylic oxidation sites excluding steroid dienone is 1. The van der Waals surface area contributed by atoms with Gasteiger partial charge in [0.25, 0.3) is 5.89 Å². The molecular weight excluding hydrogens is 424 g/mol. The van der Waals surface area contributed by atoms with Crippen LogP contribution < -0.4 is 14.8 Å². The van der Waals surface area contributed by atoms with Crippen LogP contribution in [0, 0.1) is 0 Å². The molecule has 2 aromatic carbocycles. The Balaban J connectivity index is 1.80. The van der Waals surface area contributed by atoms with Crippen LogP contribution >= 0.6 is 0 Å². The molecule has 3 aromatic rings. The second kappa shape index (κ2) is 9.74. The van der Waals surface area contributed by atoms with E-state index >= 15 is 0 Å². The largest absolute Gasteiger partial charge is 0.497 e. The van der Waals surface area contributed by atoms with Crippen molar-refractivity contribution >= 4 is 11.6 Å². The molecule has 1 unspecified atom stereocenters. The Kier molecular flexibility index (Phi) is 6.60. The summed E-state index contributed by atoms with van der Waals surface area (Å²) in [6.45, 7) is 2.65. The van der Waals surface area contributed by atoms with Crippen LogP contribution in [-0.2, 0) is 4.74 Å². The molecule has 172 valence electrons. The highest BCUT2D eigenvalue weighted by atomic mass is 16.5. The van der Waals surface area contributed by atoms with E-state index in [4.69, 9.17) is 18.7 Å². The molecule has 0 spiro atoms. The van der Waals surface area contributed by atoms with Crippen LogP contribution in [0.15, 0.2) is 58.8 Å². The number of hydrogen-bond donors (Lipinski definition) is 1. The number of benzene rings is 2. The number of aromatic nitrogens is 2. The highest BCUT2D eigenvalue weighted by Gasteiger charge is 2.35. The van der Waals surface area contributed by atoms with Crippen LogP contribution in [0.3, 0.4) is 0 Å². The number of nitrogens with zero attached hydrogens (tertiary/aromatic N) is 3. The monoisotopic (exact) mass is 450 g/mol. The van der Waals surface area contributed by atoms with Crippen molar-refractivity contribution in [3.8, 4) is 22.9 Å². The van der Waals surface area contributed by atoms with Gasteiger partial charge in [-0.1, -0.05) is 29.4 Å². The SMILES string of the molecule is COCCN1C(=O)NC(c2cccc(OC)c2)C(c2nc(-c3cccc(OC)c3)no2)=C1C. The summed E-state index contributed by atoms with van der Waals surface area (Å²) in [5.74, 6) is 2.12. The summed E-state index contributed by atoms with van der Waals surface area (Å²) < 4.78 is 21.6. The van der Waals surface area contributed by atoms with Gasteiger partial charge in [-0.05, 0) is 36.8 Å². The maximum Gasteiger partial charge on any atom is 0.322 e. The minimum atomic E-state index is -0.495. The second-order valence-corrected chi connectivity index (χ2v) is 7.46. The average Bonchev–Trinajstić information content (AvgIpc) is 3.33. The van der Waals surface area contributed by atoms with E-state index in [1.54, 1.807) is 26.2 Å². The molecule has 1 atom stereocenters. The zero-order valence-corrected chi connectivity index (χ0v) is 19.0. The van der Waals surface area contributed by atoms with Crippen LogP contribution in [-0.4, -0.2) is 55.6 Å². The molecule has 9 nitrogen and oxygen atoms in total. The molecule has 1 aliphatic heterocycles. The number of carbonyl (C=O) groups excluding carboxylic acids is 1. The molecule has 9 heteroatoms. The van der Waals surface area contributed by atoms with E-state index < -0.39 is 6.04 Å². The number of ether oxygens (including phenoxy) is 3. The third kappa shape index (κ3) is 4.54. The van der Waals surface area contributed by atoms with E-state index in [0.717, 1.165) is 11.1 Å². The molecule has 1 N–H and O–H groups in total. The zero-order chi connectivity index (χ0) is 23.4. The molecule has 33 heavy (non-hydrogen) atoms. The van der Waals surface area contributed by atoms with Gasteiger partial charge in [0.2, 0.25) is 5.82 Å². The second-order valence-electron chi connectivity index (χ2n) is 7.46. The van der Waals surface area contributed by atoms with Crippen LogP contribution in [0.5, 0.6) is 11.5 Å². The van der Waals surface area contributed by atoms with Crippen molar-refractivity contribution in [2.24, 2.45) is 0 Å². The first kappa shape index (κ1) is 22.3. The van der Waals surface area contributed by atoms with Crippen molar-refractivity contribution in [1.82, 2.24) is 20.4 Å². The van der Waals surface area contributed by atoms with Crippen LogP contribution in [0.4, 0.5) is 4.79 Å². The lowest BCUT2D eigenvalue weighted by Gasteiger charge is -2.35. The van der Waals surface area contributed by atoms with E-state index in [-0.39, 0.29) is 6.03 Å². The van der Waals surface area contributed by atoms with Crippen LogP contribution in [0.25, 0.3) is 17.0 Å². The van der Waals surface area contributed by atoms with E-state index in [1.807, 2.05) is 55.5 Å². The van der Waals surface area contributed by atoms with Crippen LogP contribution in [0.1, 0.15) is 24.4 Å². The molecule has 0 saturated heterocycles. The predicted molar refractivity (Wildman–Crippen MR) is 122 cm³/mol. The molecule has 1 aromatic heterocycles. The molecule has 0 fully saturated rings. The molecule has 0 radical (unpaired) electrons. The van der Waals surface area contributed by atoms with Crippen molar-refractivity contribution in [2.75, 3.05) is 34.5 Å². The smallest absolute Gasteiger partial charge is 0.322 e. The fourth-order valence-electron chi connectivity index (χ4n) is 3.79. The number of methoxy groups -OCH3 is 3. The maximum atomic E-state index is 12.9. The van der Waals surface area contributed by atoms with Gasteiger partial charge in [0, 0.05) is 18.4 Å². The van der Waals surface area contributed by atoms with Crippen molar-refractivity contribution < 1.29 is 23.5 Å². The predicted octanol–water partition coefficient (Wildman–Crippen LogP) is 3.90. The summed E-state index contributed by atoms with van der Waals surface area (Å²) in [5.41, 5.74) is 3.02. The van der Waals surface area contributed by atoms with Crippen molar-refractivity contribution in [3.63, 3.8) is 0 Å². The lowest BCUT2D eigenvalue weighted by atomic mass is 9.94. The minimum Gasteiger partial charge on any atom is -0.497 e. The summed E-state index contributed by atoms with van der Waals surface area (Å²) in [5, 5.41) is 7.24. The number of carbonyl (C=O) groups is 1. The Labute approximate surface area is 191 Å². The Morgan fingerprint density at radius 3 is 2.52 bits per heavy atom. The number of amides is 2. The van der Waals surface area contributed by atoms with Crippen molar-refractivity contribution in [3.05, 3.63) is 65.7 Å². The molecule has 0 aliphatic carbocycles. The molecule has 1 aliphatic rings. The summed E-state index contributed by atoms with van der Waals surface area (Å²) in [7, 11) is 4.80. The number of rotatable bonds is 8. The number of nitrogens with one attached hydrogen (secondary N) is 1. The fourth-order valence-corrected chi connectivity index (χ4v) is 3.79. The van der Waals surface area contributed by atoms with Gasteiger partial charge in [-0.2, -0.15) is 4.98 Å². The Hall–Kier alpha value is -3.85. The molecular formula is C24H26N4O5. The summed E-state index contributed by atoms with van der Waals surface area (Å²) in [4.78, 5) is 19.2. The highest BCUT2D eigenvalue weighted by Crippen LogP contribution is 2.38. The highest BCUT2D eigenvalue weighted by molar-refractivity contribution is 5.87. The standard InChI is InChI=1S/C24H26N4O5/c1-15-20(23-26-22(27-33-23)17-8-6-10-19(14-17)32-4)21(16-7-5-9-18(13-16)31-3)25-24(29)28(15)11-12-30-2/h5-10,13-14,21H,11-12H2,1-4H3,(H,25,29). The van der Waals surface area contributed by atoms with E-state index in [0.29, 0.717) is 47.6 Å². The third-order valence-corrected chi connectivity index (χ3v) is 5.53. The quantitative estimate of drug-likeness (QED) is 0.556. The third-order valence-electron chi connectivity index (χ3n) is 5.53. The average molecular weight is 450 g/mol. The van der Waals surface area contributed by atoms with E-state index in [1.165, 1.54) is 0 Å². The van der Waals surface area contributed by atoms with Gasteiger partial charge in [-0.3, -0.25) is 4.90 Å². The van der Waals surface area contributed by atoms with Gasteiger partial charge < -0.3 is 24.1 Å². The summed E-state index contributed by atoms with van der Waals surface area (Å²) >= 11 is 0. The lowest BCUT2D eigenvalue weighted by Crippen LogP contribution is -2.47. The van der Waals surface area contributed by atoms with Gasteiger partial charge in [0.05, 0.1) is 39.0 Å². The Morgan fingerprint density at radius 2 is 1.79 bits per heavy atom. The maximum absolute atomic E-state index is 12.9. The van der Waals surface area contributed by atoms with Gasteiger partial charge in [-0.15, -0.1) is 0 Å². The topological polar surface area (TPSA) is 99.0 Å². The van der Waals surface area contributed by atoms with Gasteiger partial charge >= 0.3 is 6.03 Å². The van der Waals surface area contributed by atoms with Crippen molar-refractivity contribution in [2.45, 2.75) is 13.0 Å². The normalized spacial score (nSPS) is 16.1. The zero-order valence-electron chi connectivity index (χ0n) is 19.0. The first-order valence-electron chi connectivity index (χ1n) is 10.5. The van der Waals surface area contributed by atoms with Crippen molar-refractivity contribution in [1.29, 1.82) is 0 Å². The summed E-state index contributed by atoms with van der Waals surface area (Å²) in [6.07, 6.45) is 0. The number of hydrogen-bond acceptors (Lipinski definition) is 7.